The molecule has 0 unspecified atom stereocenters. The molecule has 2 heterocycles. The molecule has 104 valence electrons. The molecule has 19 heavy (non-hydrogen) atoms. The zero-order valence-electron chi connectivity index (χ0n) is 11.8. The van der Waals surface area contributed by atoms with Gasteiger partial charge in [-0.2, -0.15) is 0 Å². The van der Waals surface area contributed by atoms with E-state index in [2.05, 4.69) is 10.3 Å². The Hall–Kier alpha value is -1.37. The quantitative estimate of drug-likeness (QED) is 0.491. The summed E-state index contributed by atoms with van der Waals surface area (Å²) in [6.45, 7) is 4.00. The molecule has 2 rings (SSSR count). The molecule has 0 bridgehead atoms. The van der Waals surface area contributed by atoms with Crippen molar-refractivity contribution in [3.63, 3.8) is 0 Å². The van der Waals surface area contributed by atoms with Crippen molar-refractivity contribution >= 4 is 11.6 Å². The Kier molecular flexibility index (Phi) is 8.06. The summed E-state index contributed by atoms with van der Waals surface area (Å²) < 4.78 is 1.94. The molecule has 0 aliphatic rings. The van der Waals surface area contributed by atoms with Crippen LogP contribution in [0.2, 0.25) is 0 Å². The van der Waals surface area contributed by atoms with E-state index in [0.717, 1.165) is 17.3 Å². The molecule has 0 saturated heterocycles. The van der Waals surface area contributed by atoms with Crippen molar-refractivity contribution < 1.29 is 28.5 Å². The van der Waals surface area contributed by atoms with Gasteiger partial charge < -0.3 is 29.3 Å². The van der Waals surface area contributed by atoms with Crippen molar-refractivity contribution in [1.29, 1.82) is 0 Å². The van der Waals surface area contributed by atoms with Crippen molar-refractivity contribution in [1.82, 2.24) is 4.98 Å². The van der Waals surface area contributed by atoms with Crippen LogP contribution in [-0.2, 0) is 7.05 Å². The number of aromatic nitrogens is 2. The van der Waals surface area contributed by atoms with E-state index in [1.807, 2.05) is 68.9 Å². The normalized spacial score (nSPS) is 8.84. The third-order valence-corrected chi connectivity index (χ3v) is 2.67. The highest BCUT2D eigenvalue weighted by Crippen LogP contribution is 2.00. The zero-order valence-corrected chi connectivity index (χ0v) is 14.0. The second-order valence-corrected chi connectivity index (χ2v) is 4.07. The minimum Gasteiger partial charge on any atom is -1.00 e. The number of anilines is 2. The Morgan fingerprint density at radius 3 is 2.16 bits per heavy atom. The fraction of sp³-hybridized carbons (Fsp3) is 0.286. The lowest BCUT2D eigenvalue weighted by Crippen LogP contribution is -3.00. The Morgan fingerprint density at radius 1 is 1.11 bits per heavy atom. The van der Waals surface area contributed by atoms with Gasteiger partial charge in [-0.3, -0.25) is 5.73 Å². The van der Waals surface area contributed by atoms with Crippen LogP contribution in [0.15, 0.2) is 36.4 Å². The average Bonchev–Trinajstić information content (AvgIpc) is 2.36. The monoisotopic (exact) mass is 372 g/mol. The van der Waals surface area contributed by atoms with Gasteiger partial charge in [0.25, 0.3) is 5.82 Å². The zero-order chi connectivity index (χ0) is 13.5. The van der Waals surface area contributed by atoms with Gasteiger partial charge in [-0.1, -0.05) is 12.1 Å². The summed E-state index contributed by atoms with van der Waals surface area (Å²) >= 11 is 0. The Labute approximate surface area is 132 Å². The standard InChI is InChI=1S/2C7H10N2.HI/c1-6-4-3-5-7(8)9(6)2;1-6-4-3-5-7(8-2)9-6;/h3-5,8H,1-2H3;3-5H,1-2H3,(H,8,9);1H. The topological polar surface area (TPSA) is 54.8 Å². The molecule has 0 spiro atoms. The number of hydrogen-bond donors (Lipinski definition) is 2. The second kappa shape index (κ2) is 8.68. The molecule has 4 nitrogen and oxygen atoms in total. The molecular weight excluding hydrogens is 351 g/mol. The number of nitrogens with two attached hydrogens (primary N) is 1. The van der Waals surface area contributed by atoms with Crippen LogP contribution in [0.3, 0.4) is 0 Å². The number of pyridine rings is 2. The van der Waals surface area contributed by atoms with Gasteiger partial charge in [-0.05, 0) is 32.0 Å². The van der Waals surface area contributed by atoms with Gasteiger partial charge in [0, 0.05) is 18.8 Å². The van der Waals surface area contributed by atoms with Crippen LogP contribution in [0.1, 0.15) is 11.4 Å². The average molecular weight is 372 g/mol. The summed E-state index contributed by atoms with van der Waals surface area (Å²) in [5, 5.41) is 2.96. The van der Waals surface area contributed by atoms with E-state index in [9.17, 15) is 0 Å². The maximum Gasteiger partial charge on any atom is 0.272 e. The van der Waals surface area contributed by atoms with Gasteiger partial charge in [0.2, 0.25) is 0 Å². The van der Waals surface area contributed by atoms with Crippen LogP contribution in [0.4, 0.5) is 11.6 Å². The van der Waals surface area contributed by atoms with Crippen LogP contribution >= 0.6 is 0 Å². The first-order valence-electron chi connectivity index (χ1n) is 5.87. The van der Waals surface area contributed by atoms with Crippen molar-refractivity contribution in [3.05, 3.63) is 47.8 Å². The molecule has 0 aromatic carbocycles. The van der Waals surface area contributed by atoms with Gasteiger partial charge in [0.05, 0.1) is 7.05 Å². The van der Waals surface area contributed by atoms with E-state index in [1.165, 1.54) is 5.69 Å². The van der Waals surface area contributed by atoms with Crippen molar-refractivity contribution in [2.45, 2.75) is 13.8 Å². The van der Waals surface area contributed by atoms with E-state index in [-0.39, 0.29) is 24.0 Å². The summed E-state index contributed by atoms with van der Waals surface area (Å²) in [6, 6.07) is 11.7. The van der Waals surface area contributed by atoms with E-state index in [4.69, 9.17) is 5.73 Å². The summed E-state index contributed by atoms with van der Waals surface area (Å²) in [4.78, 5) is 4.18. The number of rotatable bonds is 1. The predicted octanol–water partition coefficient (Wildman–Crippen LogP) is -1.16. The van der Waals surface area contributed by atoms with Crippen molar-refractivity contribution in [3.8, 4) is 0 Å². The van der Waals surface area contributed by atoms with Crippen LogP contribution in [-0.4, -0.2) is 12.0 Å². The third-order valence-electron chi connectivity index (χ3n) is 2.67. The number of halogens is 1. The molecule has 5 heteroatoms. The molecule has 0 aliphatic carbocycles. The smallest absolute Gasteiger partial charge is 0.272 e. The lowest BCUT2D eigenvalue weighted by Gasteiger charge is -1.97. The summed E-state index contributed by atoms with van der Waals surface area (Å²) in [5.41, 5.74) is 7.80. The molecule has 2 aromatic heterocycles. The molecule has 0 aliphatic heterocycles. The number of nitrogens with zero attached hydrogens (tertiary/aromatic N) is 2. The summed E-state index contributed by atoms with van der Waals surface area (Å²) in [5.74, 6) is 1.73. The molecule has 3 N–H and O–H groups in total. The minimum absolute atomic E-state index is 0. The lowest BCUT2D eigenvalue weighted by molar-refractivity contribution is -0.663. The first-order chi connectivity index (χ1) is 8.54. The molecule has 0 saturated carbocycles. The Balaban J connectivity index is 0.000000324. The van der Waals surface area contributed by atoms with Gasteiger partial charge in [-0.25, -0.2) is 9.55 Å². The van der Waals surface area contributed by atoms with Crippen LogP contribution in [0.5, 0.6) is 0 Å². The van der Waals surface area contributed by atoms with E-state index in [1.54, 1.807) is 0 Å². The third kappa shape index (κ3) is 5.87. The van der Waals surface area contributed by atoms with Crippen LogP contribution in [0.25, 0.3) is 0 Å². The van der Waals surface area contributed by atoms with Gasteiger partial charge in [0.1, 0.15) is 11.5 Å². The van der Waals surface area contributed by atoms with Crippen molar-refractivity contribution in [2.75, 3.05) is 18.1 Å². The maximum absolute atomic E-state index is 5.58. The molecule has 0 amide bonds. The van der Waals surface area contributed by atoms with Gasteiger partial charge in [-0.15, -0.1) is 0 Å². The first kappa shape index (κ1) is 17.6. The molecule has 0 atom stereocenters. The molecule has 2 aromatic rings. The highest BCUT2D eigenvalue weighted by Gasteiger charge is 1.98. The number of nitrogens with one attached hydrogen (secondary N) is 1. The summed E-state index contributed by atoms with van der Waals surface area (Å²) in [7, 11) is 3.81. The van der Waals surface area contributed by atoms with Crippen LogP contribution in [0, 0.1) is 13.8 Å². The van der Waals surface area contributed by atoms with Crippen LogP contribution < -0.4 is 39.6 Å². The fourth-order valence-corrected chi connectivity index (χ4v) is 1.40. The van der Waals surface area contributed by atoms with E-state index in [0.29, 0.717) is 0 Å². The van der Waals surface area contributed by atoms with E-state index < -0.39 is 0 Å². The number of hydrogen-bond acceptors (Lipinski definition) is 3. The SMILES string of the molecule is CNc1cccc(C)n1.Cc1cccc(N)[n+]1C.[I-]. The number of nitrogen functional groups attached to an aromatic ring is 1. The molecular formula is C14H21IN4. The van der Waals surface area contributed by atoms with E-state index >= 15 is 0 Å². The maximum atomic E-state index is 5.58. The highest BCUT2D eigenvalue weighted by molar-refractivity contribution is 5.33. The van der Waals surface area contributed by atoms with Gasteiger partial charge in [0.15, 0.2) is 0 Å². The Bertz CT molecular complexity index is 494. The number of aryl methyl sites for hydroxylation is 2. The molecule has 0 fully saturated rings. The first-order valence-corrected chi connectivity index (χ1v) is 5.87. The summed E-state index contributed by atoms with van der Waals surface area (Å²) in [6.07, 6.45) is 0. The fourth-order valence-electron chi connectivity index (χ4n) is 1.40. The predicted molar refractivity (Wildman–Crippen MR) is 75.3 cm³/mol. The van der Waals surface area contributed by atoms with Crippen molar-refractivity contribution in [2.24, 2.45) is 7.05 Å². The minimum atomic E-state index is 0. The largest absolute Gasteiger partial charge is 1.00 e. The van der Waals surface area contributed by atoms with Gasteiger partial charge >= 0.3 is 0 Å². The lowest BCUT2D eigenvalue weighted by atomic mass is 10.3. The Morgan fingerprint density at radius 2 is 1.74 bits per heavy atom. The second-order valence-electron chi connectivity index (χ2n) is 4.07. The highest BCUT2D eigenvalue weighted by atomic mass is 127. The molecule has 0 radical (unpaired) electrons.